The third-order valence-electron chi connectivity index (χ3n) is 4.60. The van der Waals surface area contributed by atoms with Crippen molar-refractivity contribution >= 4 is 40.9 Å². The van der Waals surface area contributed by atoms with Crippen LogP contribution >= 0.6 is 23.2 Å². The predicted molar refractivity (Wildman–Crippen MR) is 120 cm³/mol. The Kier molecular flexibility index (Phi) is 6.99. The Labute approximate surface area is 189 Å². The molecule has 3 N–H and O–H groups in total. The van der Waals surface area contributed by atoms with Gasteiger partial charge in [0.05, 0.1) is 22.2 Å². The van der Waals surface area contributed by atoms with Crippen molar-refractivity contribution < 1.29 is 14.4 Å². The highest BCUT2D eigenvalue weighted by Gasteiger charge is 2.17. The Balaban J connectivity index is 1.56. The molecule has 0 aliphatic carbocycles. The minimum absolute atomic E-state index is 0.235. The van der Waals surface area contributed by atoms with Crippen molar-refractivity contribution in [1.29, 1.82) is 0 Å². The third-order valence-corrected chi connectivity index (χ3v) is 5.34. The number of aromatic nitrogens is 1. The van der Waals surface area contributed by atoms with Crippen LogP contribution in [0.25, 0.3) is 5.69 Å². The van der Waals surface area contributed by atoms with Crippen LogP contribution in [0.4, 0.5) is 0 Å². The van der Waals surface area contributed by atoms with Crippen LogP contribution in [0.15, 0.2) is 54.6 Å². The van der Waals surface area contributed by atoms with E-state index in [1.165, 1.54) is 18.2 Å². The normalized spacial score (nSPS) is 10.5. The van der Waals surface area contributed by atoms with E-state index in [-0.39, 0.29) is 17.1 Å². The Morgan fingerprint density at radius 3 is 2.26 bits per heavy atom. The van der Waals surface area contributed by atoms with Crippen LogP contribution in [0.2, 0.25) is 10.0 Å². The molecule has 7 nitrogen and oxygen atoms in total. The molecule has 2 aromatic carbocycles. The topological polar surface area (TPSA) is 92.2 Å². The van der Waals surface area contributed by atoms with Gasteiger partial charge in [0.25, 0.3) is 17.7 Å². The zero-order valence-corrected chi connectivity index (χ0v) is 18.3. The van der Waals surface area contributed by atoms with E-state index >= 15 is 0 Å². The van der Waals surface area contributed by atoms with E-state index in [0.717, 1.165) is 17.1 Å². The zero-order chi connectivity index (χ0) is 22.5. The molecule has 3 rings (SSSR count). The van der Waals surface area contributed by atoms with Gasteiger partial charge in [-0.15, -0.1) is 0 Å². The highest BCUT2D eigenvalue weighted by molar-refractivity contribution is 6.42. The number of carbonyl (C=O) groups excluding carboxylic acids is 3. The van der Waals surface area contributed by atoms with Crippen LogP contribution in [0.5, 0.6) is 0 Å². The molecular weight excluding hydrogens is 439 g/mol. The summed E-state index contributed by atoms with van der Waals surface area (Å²) < 4.78 is 1.95. The number of hydrogen-bond acceptors (Lipinski definition) is 3. The summed E-state index contributed by atoms with van der Waals surface area (Å²) in [6, 6.07) is 15.8. The maximum Gasteiger partial charge on any atom is 0.271 e. The van der Waals surface area contributed by atoms with Crippen LogP contribution in [-0.2, 0) is 4.79 Å². The maximum absolute atomic E-state index is 12.5. The first-order valence-electron chi connectivity index (χ1n) is 9.34. The molecule has 0 aliphatic heterocycles. The van der Waals surface area contributed by atoms with Gasteiger partial charge in [0.15, 0.2) is 0 Å². The molecule has 9 heteroatoms. The van der Waals surface area contributed by atoms with Crippen molar-refractivity contribution in [1.82, 2.24) is 20.7 Å². The quantitative estimate of drug-likeness (QED) is 0.510. The fourth-order valence-electron chi connectivity index (χ4n) is 3.11. The summed E-state index contributed by atoms with van der Waals surface area (Å²) in [5.74, 6) is -1.54. The maximum atomic E-state index is 12.5. The molecule has 160 valence electrons. The number of halogens is 2. The number of amides is 3. The number of carbonyl (C=O) groups is 3. The molecule has 0 aliphatic rings. The largest absolute Gasteiger partial charge is 0.343 e. The van der Waals surface area contributed by atoms with Crippen LogP contribution < -0.4 is 16.2 Å². The Morgan fingerprint density at radius 2 is 1.58 bits per heavy atom. The van der Waals surface area contributed by atoms with Crippen molar-refractivity contribution in [2.24, 2.45) is 0 Å². The summed E-state index contributed by atoms with van der Waals surface area (Å²) in [4.78, 5) is 36.7. The van der Waals surface area contributed by atoms with Crippen molar-refractivity contribution in [2.45, 2.75) is 13.8 Å². The standard InChI is InChI=1S/C22H20Cl2N4O3/c1-13-10-17(14(2)28(13)16-6-4-3-5-7-16)22(31)27-26-20(29)12-25-21(30)15-8-9-18(23)19(24)11-15/h3-11H,12H2,1-2H3,(H,25,30)(H,26,29)(H,27,31). The molecule has 0 unspecified atom stereocenters. The summed E-state index contributed by atoms with van der Waals surface area (Å²) in [5.41, 5.74) is 7.92. The van der Waals surface area contributed by atoms with Gasteiger partial charge in [-0.05, 0) is 50.2 Å². The smallest absolute Gasteiger partial charge is 0.271 e. The zero-order valence-electron chi connectivity index (χ0n) is 16.8. The molecule has 0 spiro atoms. The molecule has 0 saturated heterocycles. The Morgan fingerprint density at radius 1 is 0.871 bits per heavy atom. The van der Waals surface area contributed by atoms with Gasteiger partial charge in [0.1, 0.15) is 0 Å². The first kappa shape index (κ1) is 22.4. The lowest BCUT2D eigenvalue weighted by Crippen LogP contribution is -2.46. The van der Waals surface area contributed by atoms with Gasteiger partial charge in [-0.3, -0.25) is 25.2 Å². The van der Waals surface area contributed by atoms with E-state index < -0.39 is 17.7 Å². The fraction of sp³-hybridized carbons (Fsp3) is 0.136. The fourth-order valence-corrected chi connectivity index (χ4v) is 3.40. The van der Waals surface area contributed by atoms with Crippen molar-refractivity contribution in [3.8, 4) is 5.69 Å². The van der Waals surface area contributed by atoms with Gasteiger partial charge >= 0.3 is 0 Å². The molecule has 0 atom stereocenters. The Hall–Kier alpha value is -3.29. The van der Waals surface area contributed by atoms with Crippen molar-refractivity contribution in [3.05, 3.63) is 87.2 Å². The SMILES string of the molecule is Cc1cc(C(=O)NNC(=O)CNC(=O)c2ccc(Cl)c(Cl)c2)c(C)n1-c1ccccc1. The molecule has 3 amide bonds. The molecule has 0 saturated carbocycles. The highest BCUT2D eigenvalue weighted by atomic mass is 35.5. The molecule has 1 heterocycles. The molecular formula is C22H20Cl2N4O3. The van der Waals surface area contributed by atoms with Crippen LogP contribution in [-0.4, -0.2) is 28.8 Å². The lowest BCUT2D eigenvalue weighted by molar-refractivity contribution is -0.120. The predicted octanol–water partition coefficient (Wildman–Crippen LogP) is 3.59. The second-order valence-electron chi connectivity index (χ2n) is 6.77. The minimum Gasteiger partial charge on any atom is -0.343 e. The van der Waals surface area contributed by atoms with Crippen LogP contribution in [0.1, 0.15) is 32.1 Å². The van der Waals surface area contributed by atoms with Gasteiger partial charge < -0.3 is 9.88 Å². The molecule has 0 radical (unpaired) electrons. The average molecular weight is 459 g/mol. The number of rotatable bonds is 5. The van der Waals surface area contributed by atoms with Crippen LogP contribution in [0, 0.1) is 13.8 Å². The molecule has 31 heavy (non-hydrogen) atoms. The molecule has 3 aromatic rings. The van der Waals surface area contributed by atoms with E-state index in [9.17, 15) is 14.4 Å². The number of para-hydroxylation sites is 1. The van der Waals surface area contributed by atoms with Gasteiger partial charge in [0.2, 0.25) is 0 Å². The average Bonchev–Trinajstić information content (AvgIpc) is 3.06. The minimum atomic E-state index is -0.585. The Bertz CT molecular complexity index is 1140. The number of nitrogens with one attached hydrogen (secondary N) is 3. The molecule has 1 aromatic heterocycles. The van der Waals surface area contributed by atoms with E-state index in [1.807, 2.05) is 48.7 Å². The first-order chi connectivity index (χ1) is 14.8. The van der Waals surface area contributed by atoms with Gasteiger partial charge in [-0.2, -0.15) is 0 Å². The second-order valence-corrected chi connectivity index (χ2v) is 7.58. The molecule has 0 bridgehead atoms. The first-order valence-corrected chi connectivity index (χ1v) is 10.1. The molecule has 0 fully saturated rings. The van der Waals surface area contributed by atoms with Gasteiger partial charge in [0, 0.05) is 22.6 Å². The summed E-state index contributed by atoms with van der Waals surface area (Å²) in [7, 11) is 0. The van der Waals surface area contributed by atoms with E-state index in [1.54, 1.807) is 6.07 Å². The highest BCUT2D eigenvalue weighted by Crippen LogP contribution is 2.22. The summed E-state index contributed by atoms with van der Waals surface area (Å²) >= 11 is 11.7. The number of aryl methyl sites for hydroxylation is 1. The van der Waals surface area contributed by atoms with Gasteiger partial charge in [-0.1, -0.05) is 41.4 Å². The van der Waals surface area contributed by atoms with E-state index in [0.29, 0.717) is 10.6 Å². The number of hydrogen-bond donors (Lipinski definition) is 3. The number of hydrazine groups is 1. The van der Waals surface area contributed by atoms with Crippen LogP contribution in [0.3, 0.4) is 0 Å². The third kappa shape index (κ3) is 5.25. The van der Waals surface area contributed by atoms with Crippen molar-refractivity contribution in [3.63, 3.8) is 0 Å². The summed E-state index contributed by atoms with van der Waals surface area (Å²) in [5, 5.41) is 3.01. The number of nitrogens with zero attached hydrogens (tertiary/aromatic N) is 1. The van der Waals surface area contributed by atoms with E-state index in [4.69, 9.17) is 23.2 Å². The lowest BCUT2D eigenvalue weighted by Gasteiger charge is -2.11. The van der Waals surface area contributed by atoms with Gasteiger partial charge in [-0.25, -0.2) is 0 Å². The van der Waals surface area contributed by atoms with Crippen molar-refractivity contribution in [2.75, 3.05) is 6.54 Å². The van der Waals surface area contributed by atoms with E-state index in [2.05, 4.69) is 16.2 Å². The summed E-state index contributed by atoms with van der Waals surface area (Å²) in [6.45, 7) is 3.39. The summed E-state index contributed by atoms with van der Waals surface area (Å²) in [6.07, 6.45) is 0. The lowest BCUT2D eigenvalue weighted by atomic mass is 10.2. The number of benzene rings is 2. The second kappa shape index (κ2) is 9.68. The monoisotopic (exact) mass is 458 g/mol.